The molecular formula is C15H24ClNO. The van der Waals surface area contributed by atoms with Crippen LogP contribution in [0.2, 0.25) is 5.02 Å². The van der Waals surface area contributed by atoms with Crippen molar-refractivity contribution < 1.29 is 4.74 Å². The zero-order valence-corrected chi connectivity index (χ0v) is 12.6. The number of halogens is 1. The van der Waals surface area contributed by atoms with E-state index in [0.717, 1.165) is 24.4 Å². The first-order chi connectivity index (χ1) is 8.43. The summed E-state index contributed by atoms with van der Waals surface area (Å²) in [4.78, 5) is 0. The molecule has 0 heterocycles. The van der Waals surface area contributed by atoms with Crippen molar-refractivity contribution in [1.82, 2.24) is 5.32 Å². The lowest BCUT2D eigenvalue weighted by molar-refractivity contribution is 0.00865. The van der Waals surface area contributed by atoms with Gasteiger partial charge in [-0.05, 0) is 57.9 Å². The second-order valence-corrected chi connectivity index (χ2v) is 5.84. The van der Waals surface area contributed by atoms with Gasteiger partial charge in [0.15, 0.2) is 0 Å². The van der Waals surface area contributed by atoms with Crippen LogP contribution in [0.3, 0.4) is 0 Å². The van der Waals surface area contributed by atoms with Crippen LogP contribution >= 0.6 is 11.6 Å². The molecule has 0 aliphatic carbocycles. The lowest BCUT2D eigenvalue weighted by Gasteiger charge is -2.27. The van der Waals surface area contributed by atoms with E-state index >= 15 is 0 Å². The largest absolute Gasteiger partial charge is 0.379 e. The molecule has 1 atom stereocenters. The molecule has 1 aromatic carbocycles. The molecule has 0 fully saturated rings. The van der Waals surface area contributed by atoms with Crippen molar-refractivity contribution in [2.45, 2.75) is 45.3 Å². The summed E-state index contributed by atoms with van der Waals surface area (Å²) in [6.07, 6.45) is 2.03. The van der Waals surface area contributed by atoms with Gasteiger partial charge in [-0.1, -0.05) is 23.7 Å². The average molecular weight is 270 g/mol. The van der Waals surface area contributed by atoms with Crippen LogP contribution in [0.4, 0.5) is 0 Å². The van der Waals surface area contributed by atoms with Crippen molar-refractivity contribution in [3.63, 3.8) is 0 Å². The van der Waals surface area contributed by atoms with Gasteiger partial charge in [0.05, 0.1) is 5.60 Å². The second kappa shape index (κ2) is 7.13. The molecule has 0 aliphatic heterocycles. The lowest BCUT2D eigenvalue weighted by atomic mass is 10.00. The standard InChI is InChI=1S/C15H24ClNO/c1-12(11-15(2,3)18-4)17-10-9-13-5-7-14(16)8-6-13/h5-8,12,17H,9-11H2,1-4H3. The highest BCUT2D eigenvalue weighted by Gasteiger charge is 2.19. The third-order valence-electron chi connectivity index (χ3n) is 3.17. The Kier molecular flexibility index (Phi) is 6.13. The van der Waals surface area contributed by atoms with Gasteiger partial charge in [0.1, 0.15) is 0 Å². The Morgan fingerprint density at radius 1 is 1.28 bits per heavy atom. The van der Waals surface area contributed by atoms with Gasteiger partial charge in [-0.2, -0.15) is 0 Å². The molecule has 0 radical (unpaired) electrons. The van der Waals surface area contributed by atoms with E-state index in [1.54, 1.807) is 7.11 Å². The summed E-state index contributed by atoms with van der Waals surface area (Å²) in [5.74, 6) is 0. The summed E-state index contributed by atoms with van der Waals surface area (Å²) < 4.78 is 5.43. The molecule has 1 aromatic rings. The van der Waals surface area contributed by atoms with E-state index < -0.39 is 0 Å². The van der Waals surface area contributed by atoms with Crippen LogP contribution in [0.1, 0.15) is 32.8 Å². The average Bonchev–Trinajstić information content (AvgIpc) is 2.31. The van der Waals surface area contributed by atoms with Crippen LogP contribution in [0.25, 0.3) is 0 Å². The number of hydrogen-bond acceptors (Lipinski definition) is 2. The van der Waals surface area contributed by atoms with Crippen LogP contribution < -0.4 is 5.32 Å². The van der Waals surface area contributed by atoms with E-state index in [9.17, 15) is 0 Å². The van der Waals surface area contributed by atoms with E-state index in [0.29, 0.717) is 6.04 Å². The minimum absolute atomic E-state index is 0.0628. The van der Waals surface area contributed by atoms with E-state index in [2.05, 4.69) is 38.2 Å². The molecular weight excluding hydrogens is 246 g/mol. The van der Waals surface area contributed by atoms with E-state index in [-0.39, 0.29) is 5.60 Å². The van der Waals surface area contributed by atoms with Gasteiger partial charge < -0.3 is 10.1 Å². The molecule has 0 saturated heterocycles. The Morgan fingerprint density at radius 2 is 1.89 bits per heavy atom. The number of benzene rings is 1. The molecule has 0 aliphatic rings. The predicted molar refractivity (Wildman–Crippen MR) is 78.3 cm³/mol. The van der Waals surface area contributed by atoms with Gasteiger partial charge in [-0.3, -0.25) is 0 Å². The number of hydrogen-bond donors (Lipinski definition) is 1. The number of methoxy groups -OCH3 is 1. The quantitative estimate of drug-likeness (QED) is 0.815. The van der Waals surface area contributed by atoms with E-state index in [4.69, 9.17) is 16.3 Å². The SMILES string of the molecule is COC(C)(C)CC(C)NCCc1ccc(Cl)cc1. The van der Waals surface area contributed by atoms with Crippen molar-refractivity contribution in [2.24, 2.45) is 0 Å². The summed E-state index contributed by atoms with van der Waals surface area (Å²) in [6, 6.07) is 8.48. The maximum Gasteiger partial charge on any atom is 0.0637 e. The minimum Gasteiger partial charge on any atom is -0.379 e. The fourth-order valence-electron chi connectivity index (χ4n) is 2.01. The van der Waals surface area contributed by atoms with Gasteiger partial charge in [-0.25, -0.2) is 0 Å². The topological polar surface area (TPSA) is 21.3 Å². The molecule has 0 saturated carbocycles. The maximum atomic E-state index is 5.86. The number of rotatable bonds is 7. The van der Waals surface area contributed by atoms with Crippen LogP contribution in [-0.2, 0) is 11.2 Å². The molecule has 1 N–H and O–H groups in total. The molecule has 18 heavy (non-hydrogen) atoms. The summed E-state index contributed by atoms with van der Waals surface area (Å²) in [5, 5.41) is 4.32. The highest BCUT2D eigenvalue weighted by molar-refractivity contribution is 6.30. The molecule has 2 nitrogen and oxygen atoms in total. The zero-order chi connectivity index (χ0) is 13.6. The molecule has 0 aromatic heterocycles. The second-order valence-electron chi connectivity index (χ2n) is 5.40. The highest BCUT2D eigenvalue weighted by atomic mass is 35.5. The number of nitrogens with one attached hydrogen (secondary N) is 1. The van der Waals surface area contributed by atoms with Gasteiger partial charge in [0.25, 0.3) is 0 Å². The van der Waals surface area contributed by atoms with Crippen LogP contribution in [0, 0.1) is 0 Å². The van der Waals surface area contributed by atoms with E-state index in [1.807, 2.05) is 12.1 Å². The van der Waals surface area contributed by atoms with Crippen LogP contribution in [-0.4, -0.2) is 25.3 Å². The molecule has 1 rings (SSSR count). The van der Waals surface area contributed by atoms with Crippen molar-refractivity contribution in [2.75, 3.05) is 13.7 Å². The fourth-order valence-corrected chi connectivity index (χ4v) is 2.13. The minimum atomic E-state index is -0.0628. The maximum absolute atomic E-state index is 5.86. The monoisotopic (exact) mass is 269 g/mol. The normalized spacial score (nSPS) is 13.6. The molecule has 3 heteroatoms. The Labute approximate surface area is 116 Å². The third kappa shape index (κ3) is 5.85. The molecule has 0 bridgehead atoms. The van der Waals surface area contributed by atoms with E-state index in [1.165, 1.54) is 5.56 Å². The Hall–Kier alpha value is -0.570. The summed E-state index contributed by atoms with van der Waals surface area (Å²) >= 11 is 5.86. The van der Waals surface area contributed by atoms with Crippen molar-refractivity contribution in [1.29, 1.82) is 0 Å². The van der Waals surface area contributed by atoms with Crippen molar-refractivity contribution in [3.8, 4) is 0 Å². The Bertz CT molecular complexity index is 348. The summed E-state index contributed by atoms with van der Waals surface area (Å²) in [7, 11) is 1.76. The predicted octanol–water partition coefficient (Wildman–Crippen LogP) is 3.68. The molecule has 1 unspecified atom stereocenters. The van der Waals surface area contributed by atoms with Crippen molar-refractivity contribution >= 4 is 11.6 Å². The van der Waals surface area contributed by atoms with Crippen LogP contribution in [0.15, 0.2) is 24.3 Å². The van der Waals surface area contributed by atoms with Crippen molar-refractivity contribution in [3.05, 3.63) is 34.9 Å². The summed E-state index contributed by atoms with van der Waals surface area (Å²) in [6.45, 7) is 7.40. The molecule has 0 amide bonds. The first-order valence-corrected chi connectivity index (χ1v) is 6.84. The molecule has 0 spiro atoms. The molecule has 102 valence electrons. The summed E-state index contributed by atoms with van der Waals surface area (Å²) in [5.41, 5.74) is 1.25. The van der Waals surface area contributed by atoms with Gasteiger partial charge >= 0.3 is 0 Å². The first kappa shape index (κ1) is 15.5. The fraction of sp³-hybridized carbons (Fsp3) is 0.600. The zero-order valence-electron chi connectivity index (χ0n) is 11.8. The Balaban J connectivity index is 2.27. The van der Waals surface area contributed by atoms with Gasteiger partial charge in [0, 0.05) is 18.2 Å². The third-order valence-corrected chi connectivity index (χ3v) is 3.42. The first-order valence-electron chi connectivity index (χ1n) is 6.46. The highest BCUT2D eigenvalue weighted by Crippen LogP contribution is 2.15. The number of ether oxygens (including phenoxy) is 1. The lowest BCUT2D eigenvalue weighted by Crippen LogP contribution is -2.36. The Morgan fingerprint density at radius 3 is 2.44 bits per heavy atom. The van der Waals surface area contributed by atoms with Gasteiger partial charge in [-0.15, -0.1) is 0 Å². The van der Waals surface area contributed by atoms with Gasteiger partial charge in [0.2, 0.25) is 0 Å². The smallest absolute Gasteiger partial charge is 0.0637 e. The van der Waals surface area contributed by atoms with Crippen LogP contribution in [0.5, 0.6) is 0 Å².